The Kier molecular flexibility index (Phi) is 4.54. The Morgan fingerprint density at radius 2 is 1.23 bits per heavy atom. The van der Waals surface area contributed by atoms with E-state index in [-0.39, 0.29) is 5.41 Å². The zero-order valence-corrected chi connectivity index (χ0v) is 21.7. The average molecular weight is 504 g/mol. The van der Waals surface area contributed by atoms with Crippen molar-refractivity contribution in [3.8, 4) is 39.7 Å². The zero-order chi connectivity index (χ0) is 26.1. The predicted octanol–water partition coefficient (Wildman–Crippen LogP) is 8.81. The number of aromatic nitrogens is 3. The van der Waals surface area contributed by atoms with Crippen LogP contribution in [0, 0.1) is 0 Å². The second-order valence-electron chi connectivity index (χ2n) is 10.8. The highest BCUT2D eigenvalue weighted by Gasteiger charge is 2.36. The van der Waals surface area contributed by atoms with Gasteiger partial charge in [0.2, 0.25) is 11.8 Å². The molecule has 0 N–H and O–H groups in total. The standard InChI is InChI=1S/C35H25N3O/c1-35(2)29-14-8-6-12-25(29)27-21-32-28(20-30(27)35)26-13-7-9-15-31(26)38(32)24-18-16-23(17-19-24)34-37-36-33(39-34)22-10-4-3-5-11-22/h3-21H,1-2H3. The van der Waals surface area contributed by atoms with Crippen LogP contribution in [-0.2, 0) is 5.41 Å². The van der Waals surface area contributed by atoms with Crippen LogP contribution in [0.25, 0.3) is 61.5 Å². The molecule has 0 saturated carbocycles. The van der Waals surface area contributed by atoms with Gasteiger partial charge in [0.1, 0.15) is 0 Å². The summed E-state index contributed by atoms with van der Waals surface area (Å²) in [5.74, 6) is 1.04. The van der Waals surface area contributed by atoms with Gasteiger partial charge >= 0.3 is 0 Å². The van der Waals surface area contributed by atoms with Crippen molar-refractivity contribution in [3.63, 3.8) is 0 Å². The number of hydrogen-bond acceptors (Lipinski definition) is 3. The van der Waals surface area contributed by atoms with E-state index in [0.29, 0.717) is 11.8 Å². The van der Waals surface area contributed by atoms with Crippen molar-refractivity contribution in [1.82, 2.24) is 14.8 Å². The van der Waals surface area contributed by atoms with Crippen molar-refractivity contribution in [2.45, 2.75) is 19.3 Å². The second-order valence-corrected chi connectivity index (χ2v) is 10.8. The number of benzene rings is 5. The molecule has 0 spiro atoms. The third-order valence-electron chi connectivity index (χ3n) is 8.19. The van der Waals surface area contributed by atoms with Gasteiger partial charge in [0.15, 0.2) is 0 Å². The van der Waals surface area contributed by atoms with E-state index in [9.17, 15) is 0 Å². The van der Waals surface area contributed by atoms with Crippen LogP contribution in [0.15, 0.2) is 120 Å². The fraction of sp³-hybridized carbons (Fsp3) is 0.0857. The maximum absolute atomic E-state index is 6.00. The molecular formula is C35H25N3O. The van der Waals surface area contributed by atoms with Crippen LogP contribution < -0.4 is 0 Å². The third kappa shape index (κ3) is 3.18. The number of fused-ring (bicyclic) bond motifs is 6. The summed E-state index contributed by atoms with van der Waals surface area (Å²) >= 11 is 0. The zero-order valence-electron chi connectivity index (χ0n) is 21.7. The van der Waals surface area contributed by atoms with E-state index in [0.717, 1.165) is 16.8 Å². The van der Waals surface area contributed by atoms with Gasteiger partial charge in [-0.1, -0.05) is 74.5 Å². The van der Waals surface area contributed by atoms with E-state index in [1.54, 1.807) is 0 Å². The van der Waals surface area contributed by atoms with Crippen molar-refractivity contribution in [3.05, 3.63) is 126 Å². The van der Waals surface area contributed by atoms with E-state index < -0.39 is 0 Å². The van der Waals surface area contributed by atoms with Crippen molar-refractivity contribution in [1.29, 1.82) is 0 Å². The van der Waals surface area contributed by atoms with Gasteiger partial charge in [0.05, 0.1) is 11.0 Å². The summed E-state index contributed by atoms with van der Waals surface area (Å²) in [6.07, 6.45) is 0. The Hall–Kier alpha value is -4.96. The average Bonchev–Trinajstić information content (AvgIpc) is 3.66. The maximum Gasteiger partial charge on any atom is 0.248 e. The number of para-hydroxylation sites is 1. The number of rotatable bonds is 3. The molecule has 0 atom stereocenters. The van der Waals surface area contributed by atoms with E-state index in [1.807, 2.05) is 30.3 Å². The molecule has 4 nitrogen and oxygen atoms in total. The van der Waals surface area contributed by atoms with Gasteiger partial charge in [0.25, 0.3) is 0 Å². The van der Waals surface area contributed by atoms with E-state index >= 15 is 0 Å². The van der Waals surface area contributed by atoms with Gasteiger partial charge in [-0.25, -0.2) is 0 Å². The first kappa shape index (κ1) is 22.1. The molecule has 2 heterocycles. The Morgan fingerprint density at radius 3 is 2.03 bits per heavy atom. The Balaban J connectivity index is 1.28. The van der Waals surface area contributed by atoms with E-state index in [4.69, 9.17) is 4.42 Å². The molecular weight excluding hydrogens is 478 g/mol. The van der Waals surface area contributed by atoms with Gasteiger partial charge in [-0.15, -0.1) is 10.2 Å². The van der Waals surface area contributed by atoms with Gasteiger partial charge in [0, 0.05) is 33.0 Å². The minimum absolute atomic E-state index is 0.0341. The molecule has 186 valence electrons. The highest BCUT2D eigenvalue weighted by Crippen LogP contribution is 2.50. The van der Waals surface area contributed by atoms with Crippen LogP contribution >= 0.6 is 0 Å². The topological polar surface area (TPSA) is 43.9 Å². The van der Waals surface area contributed by atoms with Crippen LogP contribution in [0.1, 0.15) is 25.0 Å². The van der Waals surface area contributed by atoms with Gasteiger partial charge in [-0.2, -0.15) is 0 Å². The molecule has 5 aromatic carbocycles. The molecule has 0 radical (unpaired) electrons. The molecule has 39 heavy (non-hydrogen) atoms. The lowest BCUT2D eigenvalue weighted by Crippen LogP contribution is -2.14. The second kappa shape index (κ2) is 8.02. The van der Waals surface area contributed by atoms with Gasteiger partial charge in [-0.05, 0) is 76.9 Å². The molecule has 4 heteroatoms. The summed E-state index contributed by atoms with van der Waals surface area (Å²) < 4.78 is 8.37. The lowest BCUT2D eigenvalue weighted by atomic mass is 9.82. The Bertz CT molecular complexity index is 2030. The summed E-state index contributed by atoms with van der Waals surface area (Å²) in [4.78, 5) is 0. The first-order valence-corrected chi connectivity index (χ1v) is 13.3. The SMILES string of the molecule is CC1(C)c2ccccc2-c2cc3c(cc21)c1ccccc1n3-c1ccc(-c2nnc(-c3ccccc3)o2)cc1. The minimum Gasteiger partial charge on any atom is -0.416 e. The van der Waals surface area contributed by atoms with Gasteiger partial charge in [-0.3, -0.25) is 0 Å². The summed E-state index contributed by atoms with van der Waals surface area (Å²) in [6, 6.07) is 40.5. The normalized spacial score (nSPS) is 13.6. The monoisotopic (exact) mass is 503 g/mol. The Morgan fingerprint density at radius 1 is 0.564 bits per heavy atom. The molecule has 7 aromatic rings. The molecule has 0 unspecified atom stereocenters. The molecule has 1 aliphatic carbocycles. The van der Waals surface area contributed by atoms with E-state index in [2.05, 4.69) is 114 Å². The van der Waals surface area contributed by atoms with Crippen LogP contribution in [0.5, 0.6) is 0 Å². The van der Waals surface area contributed by atoms with Crippen LogP contribution in [0.3, 0.4) is 0 Å². The third-order valence-corrected chi connectivity index (χ3v) is 8.19. The summed E-state index contributed by atoms with van der Waals surface area (Å²) in [7, 11) is 0. The van der Waals surface area contributed by atoms with Crippen molar-refractivity contribution in [2.24, 2.45) is 0 Å². The lowest BCUT2D eigenvalue weighted by Gasteiger charge is -2.21. The molecule has 0 bridgehead atoms. The van der Waals surface area contributed by atoms with Crippen LogP contribution in [0.2, 0.25) is 0 Å². The molecule has 0 fully saturated rings. The van der Waals surface area contributed by atoms with Crippen molar-refractivity contribution >= 4 is 21.8 Å². The largest absolute Gasteiger partial charge is 0.416 e. The maximum atomic E-state index is 6.00. The summed E-state index contributed by atoms with van der Waals surface area (Å²) in [5, 5.41) is 11.1. The number of hydrogen-bond donors (Lipinski definition) is 0. The first-order valence-electron chi connectivity index (χ1n) is 13.3. The molecule has 8 rings (SSSR count). The molecule has 0 aliphatic heterocycles. The fourth-order valence-electron chi connectivity index (χ4n) is 6.23. The summed E-state index contributed by atoms with van der Waals surface area (Å²) in [6.45, 7) is 4.67. The van der Waals surface area contributed by atoms with Crippen LogP contribution in [0.4, 0.5) is 0 Å². The smallest absolute Gasteiger partial charge is 0.248 e. The highest BCUT2D eigenvalue weighted by atomic mass is 16.4. The lowest BCUT2D eigenvalue weighted by molar-refractivity contribution is 0.584. The Labute approximate surface area is 226 Å². The van der Waals surface area contributed by atoms with Crippen LogP contribution in [-0.4, -0.2) is 14.8 Å². The quantitative estimate of drug-likeness (QED) is 0.242. The molecule has 0 saturated heterocycles. The summed E-state index contributed by atoms with van der Waals surface area (Å²) in [5.41, 5.74) is 10.7. The first-order chi connectivity index (χ1) is 19.1. The highest BCUT2D eigenvalue weighted by molar-refractivity contribution is 6.11. The molecule has 0 amide bonds. The van der Waals surface area contributed by atoms with E-state index in [1.165, 1.54) is 44.1 Å². The minimum atomic E-state index is -0.0341. The van der Waals surface area contributed by atoms with Crippen molar-refractivity contribution < 1.29 is 4.42 Å². The molecule has 1 aliphatic rings. The fourth-order valence-corrected chi connectivity index (χ4v) is 6.23. The van der Waals surface area contributed by atoms with Crippen molar-refractivity contribution in [2.75, 3.05) is 0 Å². The predicted molar refractivity (Wildman–Crippen MR) is 157 cm³/mol. The molecule has 2 aromatic heterocycles. The van der Waals surface area contributed by atoms with Gasteiger partial charge < -0.3 is 8.98 Å². The number of nitrogens with zero attached hydrogens (tertiary/aromatic N) is 3.